The van der Waals surface area contributed by atoms with Crippen molar-refractivity contribution in [2.24, 2.45) is 11.3 Å². The zero-order valence-corrected chi connectivity index (χ0v) is 17.2. The van der Waals surface area contributed by atoms with Crippen LogP contribution in [-0.2, 0) is 4.74 Å². The van der Waals surface area contributed by atoms with E-state index in [-0.39, 0.29) is 23.6 Å². The van der Waals surface area contributed by atoms with Crippen molar-refractivity contribution < 1.29 is 22.7 Å². The predicted molar refractivity (Wildman–Crippen MR) is 102 cm³/mol. The molecule has 2 saturated heterocycles. The summed E-state index contributed by atoms with van der Waals surface area (Å²) in [5.74, 6) is 0.215. The summed E-state index contributed by atoms with van der Waals surface area (Å²) in [4.78, 5) is 17.6. The van der Waals surface area contributed by atoms with Gasteiger partial charge in [0.05, 0.1) is 6.61 Å². The maximum absolute atomic E-state index is 13.0. The third kappa shape index (κ3) is 3.90. The number of alkyl halides is 3. The van der Waals surface area contributed by atoms with Crippen LogP contribution in [0.15, 0.2) is 11.9 Å². The SMILES string of the molecule is CCOC(=O)N1CCC2(CC(N3CCC(C4NC=C(C(F)(F)F)N4C)CC3)C2)C1. The third-order valence-corrected chi connectivity index (χ3v) is 7.32. The van der Waals surface area contributed by atoms with Crippen LogP contribution in [0.3, 0.4) is 0 Å². The zero-order chi connectivity index (χ0) is 20.8. The van der Waals surface area contributed by atoms with Gasteiger partial charge < -0.3 is 24.8 Å². The first-order valence-corrected chi connectivity index (χ1v) is 10.6. The fraction of sp³-hybridized carbons (Fsp3) is 0.850. The Morgan fingerprint density at radius 2 is 1.97 bits per heavy atom. The Bertz CT molecular complexity index is 655. The van der Waals surface area contributed by atoms with Crippen LogP contribution in [0, 0.1) is 11.3 Å². The number of piperidine rings is 1. The molecule has 1 atom stereocenters. The van der Waals surface area contributed by atoms with Gasteiger partial charge in [0.1, 0.15) is 11.9 Å². The molecule has 9 heteroatoms. The minimum atomic E-state index is -4.31. The van der Waals surface area contributed by atoms with Gasteiger partial charge in [-0.2, -0.15) is 13.2 Å². The van der Waals surface area contributed by atoms with Crippen molar-refractivity contribution in [2.75, 3.05) is 39.8 Å². The highest BCUT2D eigenvalue weighted by atomic mass is 19.4. The van der Waals surface area contributed by atoms with Crippen LogP contribution in [0.5, 0.6) is 0 Å². The third-order valence-electron chi connectivity index (χ3n) is 7.32. The summed E-state index contributed by atoms with van der Waals surface area (Å²) in [5, 5.41) is 2.95. The van der Waals surface area contributed by atoms with E-state index in [1.807, 2.05) is 11.8 Å². The lowest BCUT2D eigenvalue weighted by Gasteiger charge is -2.52. The molecular weight excluding hydrogens is 385 g/mol. The summed E-state index contributed by atoms with van der Waals surface area (Å²) in [6.07, 6.45) is 1.39. The summed E-state index contributed by atoms with van der Waals surface area (Å²) < 4.78 is 44.3. The molecule has 6 nitrogen and oxygen atoms in total. The van der Waals surface area contributed by atoms with Gasteiger partial charge in [-0.05, 0) is 57.5 Å². The second-order valence-corrected chi connectivity index (χ2v) is 9.06. The average Bonchev–Trinajstić information content (AvgIpc) is 3.25. The molecule has 0 aromatic carbocycles. The molecule has 4 aliphatic rings. The first-order valence-electron chi connectivity index (χ1n) is 10.6. The standard InChI is InChI=1S/C20H31F3N4O2/c1-3-29-18(28)27-9-6-19(13-27)10-15(11-19)26-7-4-14(5-8-26)17-24-12-16(25(17)2)20(21,22)23/h12,14-15,17,24H,3-11,13H2,1-2H3. The molecule has 1 aliphatic carbocycles. The summed E-state index contributed by atoms with van der Waals surface area (Å²) >= 11 is 0. The fourth-order valence-electron chi connectivity index (χ4n) is 5.70. The molecule has 1 N–H and O–H groups in total. The van der Waals surface area contributed by atoms with Crippen molar-refractivity contribution >= 4 is 6.09 Å². The van der Waals surface area contributed by atoms with Crippen LogP contribution in [0.2, 0.25) is 0 Å². The molecule has 4 rings (SSSR count). The van der Waals surface area contributed by atoms with Crippen LogP contribution >= 0.6 is 0 Å². The number of carbonyl (C=O) groups is 1. The molecule has 164 valence electrons. The number of allylic oxidation sites excluding steroid dienone is 1. The number of nitrogens with one attached hydrogen (secondary N) is 1. The molecule has 3 fully saturated rings. The number of amides is 1. The highest BCUT2D eigenvalue weighted by Crippen LogP contribution is 2.51. The van der Waals surface area contributed by atoms with Crippen molar-refractivity contribution in [2.45, 2.75) is 57.4 Å². The molecule has 1 amide bonds. The summed E-state index contributed by atoms with van der Waals surface area (Å²) in [6, 6.07) is 0.538. The lowest BCUT2D eigenvalue weighted by Crippen LogP contribution is -2.55. The number of nitrogens with zero attached hydrogens (tertiary/aromatic N) is 3. The molecular formula is C20H31F3N4O2. The number of rotatable bonds is 3. The number of carbonyl (C=O) groups excluding carboxylic acids is 1. The van der Waals surface area contributed by atoms with Gasteiger partial charge in [0, 0.05) is 38.3 Å². The van der Waals surface area contributed by atoms with Crippen LogP contribution in [-0.4, -0.2) is 79.0 Å². The molecule has 0 bridgehead atoms. The lowest BCUT2D eigenvalue weighted by atomic mass is 9.64. The monoisotopic (exact) mass is 416 g/mol. The van der Waals surface area contributed by atoms with Gasteiger partial charge in [0.15, 0.2) is 0 Å². The Hall–Kier alpha value is -1.64. The molecule has 3 heterocycles. The Morgan fingerprint density at radius 3 is 2.55 bits per heavy atom. The number of hydrogen-bond acceptors (Lipinski definition) is 5. The number of ether oxygens (including phenoxy) is 1. The Kier molecular flexibility index (Phi) is 5.38. The van der Waals surface area contributed by atoms with Gasteiger partial charge in [0.2, 0.25) is 0 Å². The van der Waals surface area contributed by atoms with E-state index in [0.29, 0.717) is 12.6 Å². The van der Waals surface area contributed by atoms with E-state index < -0.39 is 11.9 Å². The van der Waals surface area contributed by atoms with E-state index in [1.165, 1.54) is 11.9 Å². The first-order chi connectivity index (χ1) is 13.7. The second-order valence-electron chi connectivity index (χ2n) is 9.06. The summed E-state index contributed by atoms with van der Waals surface area (Å²) in [7, 11) is 1.53. The maximum atomic E-state index is 13.0. The normalized spacial score (nSPS) is 33.6. The Labute approximate surface area is 170 Å². The summed E-state index contributed by atoms with van der Waals surface area (Å²) in [5.41, 5.74) is -0.342. The van der Waals surface area contributed by atoms with E-state index in [2.05, 4.69) is 10.2 Å². The van der Waals surface area contributed by atoms with E-state index >= 15 is 0 Å². The van der Waals surface area contributed by atoms with E-state index in [4.69, 9.17) is 4.74 Å². The highest BCUT2D eigenvalue weighted by molar-refractivity contribution is 5.68. The van der Waals surface area contributed by atoms with Crippen molar-refractivity contribution in [3.05, 3.63) is 11.9 Å². The van der Waals surface area contributed by atoms with Gasteiger partial charge in [-0.3, -0.25) is 0 Å². The maximum Gasteiger partial charge on any atom is 0.432 e. The number of hydrogen-bond donors (Lipinski definition) is 1. The van der Waals surface area contributed by atoms with Crippen molar-refractivity contribution in [1.29, 1.82) is 0 Å². The molecule has 0 aromatic rings. The number of likely N-dealkylation sites (tertiary alicyclic amines) is 2. The Balaban J connectivity index is 1.23. The van der Waals surface area contributed by atoms with E-state index in [9.17, 15) is 18.0 Å². The lowest BCUT2D eigenvalue weighted by molar-refractivity contribution is -0.112. The molecule has 29 heavy (non-hydrogen) atoms. The van der Waals surface area contributed by atoms with E-state index in [1.54, 1.807) is 0 Å². The smallest absolute Gasteiger partial charge is 0.432 e. The summed E-state index contributed by atoms with van der Waals surface area (Å²) in [6.45, 7) is 5.67. The molecule has 3 aliphatic heterocycles. The van der Waals surface area contributed by atoms with Crippen LogP contribution in [0.4, 0.5) is 18.0 Å². The van der Waals surface area contributed by atoms with Crippen molar-refractivity contribution in [3.8, 4) is 0 Å². The molecule has 1 saturated carbocycles. The average molecular weight is 416 g/mol. The quantitative estimate of drug-likeness (QED) is 0.767. The van der Waals surface area contributed by atoms with Gasteiger partial charge >= 0.3 is 12.3 Å². The van der Waals surface area contributed by atoms with Gasteiger partial charge in [-0.1, -0.05) is 0 Å². The zero-order valence-electron chi connectivity index (χ0n) is 17.2. The van der Waals surface area contributed by atoms with Gasteiger partial charge in [0.25, 0.3) is 0 Å². The minimum Gasteiger partial charge on any atom is -0.450 e. The molecule has 1 unspecified atom stereocenters. The van der Waals surface area contributed by atoms with Gasteiger partial charge in [-0.25, -0.2) is 4.79 Å². The fourth-order valence-corrected chi connectivity index (χ4v) is 5.70. The van der Waals surface area contributed by atoms with E-state index in [0.717, 1.165) is 64.5 Å². The topological polar surface area (TPSA) is 48.1 Å². The first kappa shape index (κ1) is 20.6. The van der Waals surface area contributed by atoms with Crippen molar-refractivity contribution in [3.63, 3.8) is 0 Å². The minimum absolute atomic E-state index is 0.200. The van der Waals surface area contributed by atoms with Crippen LogP contribution in [0.1, 0.15) is 39.0 Å². The predicted octanol–water partition coefficient (Wildman–Crippen LogP) is 2.97. The largest absolute Gasteiger partial charge is 0.450 e. The Morgan fingerprint density at radius 1 is 1.28 bits per heavy atom. The molecule has 0 aromatic heterocycles. The van der Waals surface area contributed by atoms with Gasteiger partial charge in [-0.15, -0.1) is 0 Å². The highest BCUT2D eigenvalue weighted by Gasteiger charge is 2.52. The molecule has 1 spiro atoms. The molecule has 0 radical (unpaired) electrons. The second kappa shape index (κ2) is 7.56. The van der Waals surface area contributed by atoms with Crippen LogP contribution in [0.25, 0.3) is 0 Å². The number of halogens is 3. The van der Waals surface area contributed by atoms with Crippen LogP contribution < -0.4 is 5.32 Å². The van der Waals surface area contributed by atoms with Crippen molar-refractivity contribution in [1.82, 2.24) is 20.0 Å².